The lowest BCUT2D eigenvalue weighted by atomic mass is 10.0. The average Bonchev–Trinajstić information content (AvgIpc) is 3.41. The van der Waals surface area contributed by atoms with Gasteiger partial charge in [0.15, 0.2) is 5.75 Å². The highest BCUT2D eigenvalue weighted by atomic mass is 35.5. The van der Waals surface area contributed by atoms with Gasteiger partial charge >= 0.3 is 6.09 Å². The van der Waals surface area contributed by atoms with E-state index in [0.717, 1.165) is 29.5 Å². The minimum Gasteiger partial charge on any atom is -0.408 e. The standard InChI is InChI=1S/C21H18Cl2N2O2/c1-25-11-16(13-6-7-13)20(12-25)27-21(26)24-19-5-3-2-4-15(19)14-8-9-17(22)18(23)10-14/h2-5,8-13H,6-7H2,1H3,(H,24,26). The third-order valence-electron chi connectivity index (χ3n) is 4.56. The summed E-state index contributed by atoms with van der Waals surface area (Å²) >= 11 is 12.1. The smallest absolute Gasteiger partial charge is 0.408 e. The molecule has 1 amide bonds. The van der Waals surface area contributed by atoms with Gasteiger partial charge in [-0.15, -0.1) is 0 Å². The van der Waals surface area contributed by atoms with Crippen LogP contribution in [0.1, 0.15) is 24.3 Å². The number of aromatic nitrogens is 1. The quantitative estimate of drug-likeness (QED) is 0.543. The van der Waals surface area contributed by atoms with Crippen LogP contribution in [-0.4, -0.2) is 10.7 Å². The van der Waals surface area contributed by atoms with Crippen molar-refractivity contribution in [3.63, 3.8) is 0 Å². The first-order chi connectivity index (χ1) is 13.0. The molecular weight excluding hydrogens is 383 g/mol. The molecule has 0 aliphatic heterocycles. The first-order valence-corrected chi connectivity index (χ1v) is 9.46. The zero-order valence-corrected chi connectivity index (χ0v) is 16.2. The average molecular weight is 401 g/mol. The highest BCUT2D eigenvalue weighted by molar-refractivity contribution is 6.42. The van der Waals surface area contributed by atoms with Gasteiger partial charge in [0.2, 0.25) is 0 Å². The molecular formula is C21H18Cl2N2O2. The van der Waals surface area contributed by atoms with Gasteiger partial charge in [0, 0.05) is 30.6 Å². The van der Waals surface area contributed by atoms with Gasteiger partial charge in [-0.1, -0.05) is 47.5 Å². The van der Waals surface area contributed by atoms with Crippen molar-refractivity contribution < 1.29 is 9.53 Å². The van der Waals surface area contributed by atoms with E-state index in [0.29, 0.717) is 27.4 Å². The molecule has 1 N–H and O–H groups in total. The number of halogens is 2. The maximum atomic E-state index is 12.5. The molecule has 0 unspecified atom stereocenters. The van der Waals surface area contributed by atoms with Crippen molar-refractivity contribution in [3.05, 3.63) is 70.5 Å². The summed E-state index contributed by atoms with van der Waals surface area (Å²) in [5.74, 6) is 1.11. The number of carbonyl (C=O) groups is 1. The van der Waals surface area contributed by atoms with Gasteiger partial charge in [0.1, 0.15) is 0 Å². The molecule has 0 bridgehead atoms. The monoisotopic (exact) mass is 400 g/mol. The molecule has 27 heavy (non-hydrogen) atoms. The summed E-state index contributed by atoms with van der Waals surface area (Å²) in [4.78, 5) is 12.5. The van der Waals surface area contributed by atoms with Crippen molar-refractivity contribution in [1.82, 2.24) is 4.57 Å². The van der Waals surface area contributed by atoms with Gasteiger partial charge in [0.05, 0.1) is 15.7 Å². The third kappa shape index (κ3) is 3.97. The summed E-state index contributed by atoms with van der Waals surface area (Å²) in [5.41, 5.74) is 3.43. The lowest BCUT2D eigenvalue weighted by Gasteiger charge is -2.12. The van der Waals surface area contributed by atoms with Gasteiger partial charge in [-0.25, -0.2) is 4.79 Å². The maximum Gasteiger partial charge on any atom is 0.417 e. The molecule has 3 aromatic rings. The van der Waals surface area contributed by atoms with Crippen molar-refractivity contribution in [2.45, 2.75) is 18.8 Å². The zero-order valence-electron chi connectivity index (χ0n) is 14.7. The molecule has 4 rings (SSSR count). The highest BCUT2D eigenvalue weighted by Crippen LogP contribution is 2.44. The predicted molar refractivity (Wildman–Crippen MR) is 109 cm³/mol. The van der Waals surface area contributed by atoms with E-state index in [2.05, 4.69) is 5.32 Å². The van der Waals surface area contributed by atoms with E-state index in [1.54, 1.807) is 12.1 Å². The summed E-state index contributed by atoms with van der Waals surface area (Å²) in [7, 11) is 1.93. The number of amides is 1. The number of para-hydroxylation sites is 1. The number of benzene rings is 2. The molecule has 1 heterocycles. The van der Waals surface area contributed by atoms with Crippen molar-refractivity contribution in [1.29, 1.82) is 0 Å². The molecule has 0 atom stereocenters. The Bertz CT molecular complexity index is 1010. The highest BCUT2D eigenvalue weighted by Gasteiger charge is 2.29. The van der Waals surface area contributed by atoms with Crippen LogP contribution < -0.4 is 10.1 Å². The van der Waals surface area contributed by atoms with Crippen LogP contribution >= 0.6 is 23.2 Å². The van der Waals surface area contributed by atoms with E-state index in [9.17, 15) is 4.79 Å². The minimum atomic E-state index is -0.518. The SMILES string of the molecule is Cn1cc(OC(=O)Nc2ccccc2-c2ccc(Cl)c(Cl)c2)c(C2CC2)c1. The Labute approximate surface area is 167 Å². The van der Waals surface area contributed by atoms with Gasteiger partial charge < -0.3 is 9.30 Å². The van der Waals surface area contributed by atoms with Gasteiger partial charge in [0.25, 0.3) is 0 Å². The maximum absolute atomic E-state index is 12.5. The largest absolute Gasteiger partial charge is 0.417 e. The first kappa shape index (κ1) is 18.0. The Hall–Kier alpha value is -2.43. The van der Waals surface area contributed by atoms with Crippen molar-refractivity contribution >= 4 is 35.0 Å². The molecule has 1 fully saturated rings. The molecule has 0 saturated heterocycles. The molecule has 1 aliphatic carbocycles. The molecule has 1 aromatic heterocycles. The number of nitrogens with one attached hydrogen (secondary N) is 1. The summed E-state index contributed by atoms with van der Waals surface area (Å²) < 4.78 is 7.50. The first-order valence-electron chi connectivity index (χ1n) is 8.70. The van der Waals surface area contributed by atoms with E-state index < -0.39 is 6.09 Å². The number of rotatable bonds is 4. The van der Waals surface area contributed by atoms with E-state index in [1.165, 1.54) is 0 Å². The summed E-state index contributed by atoms with van der Waals surface area (Å²) in [6, 6.07) is 12.9. The molecule has 2 aromatic carbocycles. The fourth-order valence-corrected chi connectivity index (χ4v) is 3.41. The van der Waals surface area contributed by atoms with Crippen molar-refractivity contribution in [3.8, 4) is 16.9 Å². The third-order valence-corrected chi connectivity index (χ3v) is 5.30. The minimum absolute atomic E-state index is 0.463. The number of ether oxygens (including phenoxy) is 1. The number of aryl methyl sites for hydroxylation is 1. The number of carbonyl (C=O) groups excluding carboxylic acids is 1. The second kappa shape index (κ2) is 7.29. The Kier molecular flexibility index (Phi) is 4.85. The summed E-state index contributed by atoms with van der Waals surface area (Å²) in [5, 5.41) is 3.79. The lowest BCUT2D eigenvalue weighted by Crippen LogP contribution is -2.17. The molecule has 1 aliphatic rings. The fraction of sp³-hybridized carbons (Fsp3) is 0.190. The second-order valence-corrected chi connectivity index (χ2v) is 7.52. The summed E-state index contributed by atoms with van der Waals surface area (Å²) in [6.07, 6.45) is 5.61. The topological polar surface area (TPSA) is 43.3 Å². The molecule has 0 spiro atoms. The molecule has 6 heteroatoms. The molecule has 138 valence electrons. The van der Waals surface area contributed by atoms with E-state index >= 15 is 0 Å². The van der Waals surface area contributed by atoms with Crippen LogP contribution in [-0.2, 0) is 7.05 Å². The second-order valence-electron chi connectivity index (χ2n) is 6.71. The van der Waals surface area contributed by atoms with Crippen LogP contribution in [0.3, 0.4) is 0 Å². The molecule has 0 radical (unpaired) electrons. The van der Waals surface area contributed by atoms with Crippen LogP contribution in [0.5, 0.6) is 5.75 Å². The predicted octanol–water partition coefficient (Wildman–Crippen LogP) is 6.49. The van der Waals surface area contributed by atoms with Gasteiger partial charge in [-0.05, 0) is 42.5 Å². The Balaban J connectivity index is 1.56. The lowest BCUT2D eigenvalue weighted by molar-refractivity contribution is 0.215. The van der Waals surface area contributed by atoms with Gasteiger partial charge in [-0.3, -0.25) is 5.32 Å². The Morgan fingerprint density at radius 2 is 1.89 bits per heavy atom. The number of anilines is 1. The van der Waals surface area contributed by atoms with Crippen molar-refractivity contribution in [2.24, 2.45) is 7.05 Å². The number of hydrogen-bond acceptors (Lipinski definition) is 2. The normalized spacial score (nSPS) is 13.4. The van der Waals surface area contributed by atoms with Crippen LogP contribution in [0.25, 0.3) is 11.1 Å². The summed E-state index contributed by atoms with van der Waals surface area (Å²) in [6.45, 7) is 0. The zero-order chi connectivity index (χ0) is 19.0. The number of nitrogens with zero attached hydrogens (tertiary/aromatic N) is 1. The van der Waals surface area contributed by atoms with Crippen LogP contribution in [0, 0.1) is 0 Å². The van der Waals surface area contributed by atoms with Crippen LogP contribution in [0.4, 0.5) is 10.5 Å². The van der Waals surface area contributed by atoms with E-state index in [1.807, 2.05) is 54.3 Å². The van der Waals surface area contributed by atoms with Crippen LogP contribution in [0.15, 0.2) is 54.9 Å². The Morgan fingerprint density at radius 1 is 1.11 bits per heavy atom. The van der Waals surface area contributed by atoms with Gasteiger partial charge in [-0.2, -0.15) is 0 Å². The number of hydrogen-bond donors (Lipinski definition) is 1. The van der Waals surface area contributed by atoms with Crippen molar-refractivity contribution in [2.75, 3.05) is 5.32 Å². The van der Waals surface area contributed by atoms with E-state index in [-0.39, 0.29) is 0 Å². The fourth-order valence-electron chi connectivity index (χ4n) is 3.11. The van der Waals surface area contributed by atoms with Crippen LogP contribution in [0.2, 0.25) is 10.0 Å². The van der Waals surface area contributed by atoms with E-state index in [4.69, 9.17) is 27.9 Å². The Morgan fingerprint density at radius 3 is 2.63 bits per heavy atom. The molecule has 4 nitrogen and oxygen atoms in total. The molecule has 1 saturated carbocycles.